The Morgan fingerprint density at radius 2 is 1.77 bits per heavy atom. The zero-order valence-electron chi connectivity index (χ0n) is 12.5. The molecule has 1 amide bonds. The summed E-state index contributed by atoms with van der Waals surface area (Å²) in [5, 5.41) is 2.67. The number of carbonyl (C=O) groups is 3. The Labute approximate surface area is 128 Å². The highest BCUT2D eigenvalue weighted by atomic mass is 16.5. The molecule has 1 aromatic carbocycles. The highest BCUT2D eigenvalue weighted by molar-refractivity contribution is 6.35. The molecule has 0 saturated heterocycles. The Morgan fingerprint density at radius 3 is 2.45 bits per heavy atom. The fraction of sp³-hybridized carbons (Fsp3) is 0.312. The van der Waals surface area contributed by atoms with Crippen molar-refractivity contribution in [3.8, 4) is 0 Å². The van der Waals surface area contributed by atoms with E-state index in [1.807, 2.05) is 0 Å². The second-order valence-corrected chi connectivity index (χ2v) is 4.56. The fourth-order valence-corrected chi connectivity index (χ4v) is 2.25. The summed E-state index contributed by atoms with van der Waals surface area (Å²) in [5.74, 6) is -1.68. The molecule has 0 radical (unpaired) electrons. The van der Waals surface area contributed by atoms with E-state index in [4.69, 9.17) is 9.47 Å². The van der Waals surface area contributed by atoms with Gasteiger partial charge in [0.05, 0.1) is 30.8 Å². The number of ether oxygens (including phenoxy) is 2. The lowest BCUT2D eigenvalue weighted by Gasteiger charge is -2.09. The van der Waals surface area contributed by atoms with Crippen LogP contribution in [0.15, 0.2) is 29.8 Å². The summed E-state index contributed by atoms with van der Waals surface area (Å²) in [6, 6.07) is 6.98. The molecule has 0 atom stereocenters. The molecule has 1 aromatic rings. The number of amides is 1. The summed E-state index contributed by atoms with van der Waals surface area (Å²) >= 11 is 0. The van der Waals surface area contributed by atoms with Crippen LogP contribution in [0.1, 0.15) is 25.8 Å². The molecular weight excluding hydrogens is 286 g/mol. The molecule has 0 spiro atoms. The number of hydrogen-bond acceptors (Lipinski definition) is 5. The third-order valence-electron chi connectivity index (χ3n) is 3.12. The van der Waals surface area contributed by atoms with E-state index in [-0.39, 0.29) is 30.8 Å². The van der Waals surface area contributed by atoms with Crippen LogP contribution in [0.25, 0.3) is 5.57 Å². The zero-order chi connectivity index (χ0) is 16.1. The van der Waals surface area contributed by atoms with Crippen molar-refractivity contribution >= 4 is 29.1 Å². The average Bonchev–Trinajstić information content (AvgIpc) is 2.81. The first kappa shape index (κ1) is 15.8. The van der Waals surface area contributed by atoms with Crippen LogP contribution in [0.3, 0.4) is 0 Å². The van der Waals surface area contributed by atoms with Gasteiger partial charge in [-0.3, -0.25) is 9.59 Å². The van der Waals surface area contributed by atoms with Gasteiger partial charge in [0.15, 0.2) is 0 Å². The van der Waals surface area contributed by atoms with Gasteiger partial charge in [-0.05, 0) is 19.9 Å². The van der Waals surface area contributed by atoms with Crippen molar-refractivity contribution in [2.45, 2.75) is 20.3 Å². The highest BCUT2D eigenvalue weighted by Gasteiger charge is 2.31. The van der Waals surface area contributed by atoms with E-state index in [1.54, 1.807) is 38.1 Å². The molecule has 1 heterocycles. The van der Waals surface area contributed by atoms with Gasteiger partial charge in [0.25, 0.3) is 5.91 Å². The lowest BCUT2D eigenvalue weighted by Crippen LogP contribution is -2.18. The van der Waals surface area contributed by atoms with Gasteiger partial charge in [-0.1, -0.05) is 18.2 Å². The van der Waals surface area contributed by atoms with Gasteiger partial charge >= 0.3 is 11.9 Å². The van der Waals surface area contributed by atoms with E-state index in [1.165, 1.54) is 0 Å². The smallest absolute Gasteiger partial charge is 0.335 e. The summed E-state index contributed by atoms with van der Waals surface area (Å²) in [7, 11) is 0. The van der Waals surface area contributed by atoms with Gasteiger partial charge in [-0.15, -0.1) is 0 Å². The van der Waals surface area contributed by atoms with Gasteiger partial charge in [0.1, 0.15) is 0 Å². The molecule has 6 heteroatoms. The molecule has 0 aromatic heterocycles. The first-order valence-electron chi connectivity index (χ1n) is 7.05. The first-order valence-corrected chi connectivity index (χ1v) is 7.05. The Hall–Kier alpha value is -2.63. The maximum absolute atomic E-state index is 12.2. The van der Waals surface area contributed by atoms with Crippen molar-refractivity contribution in [2.75, 3.05) is 18.5 Å². The summed E-state index contributed by atoms with van der Waals surface area (Å²) in [4.78, 5) is 36.1. The molecule has 0 aliphatic carbocycles. The van der Waals surface area contributed by atoms with E-state index in [0.29, 0.717) is 11.3 Å². The number of para-hydroxylation sites is 1. The number of rotatable bonds is 5. The van der Waals surface area contributed by atoms with E-state index in [9.17, 15) is 14.4 Å². The number of hydrogen-bond donors (Lipinski definition) is 1. The van der Waals surface area contributed by atoms with Crippen molar-refractivity contribution in [1.82, 2.24) is 0 Å². The van der Waals surface area contributed by atoms with Crippen molar-refractivity contribution in [3.63, 3.8) is 0 Å². The standard InChI is InChI=1S/C16H17NO5/c1-3-21-13(18)9-11(16(20)22-4-2)14-10-7-5-6-8-12(10)17-15(14)19/h5-8H,3-4,9H2,1-2H3,(H,17,19)/b14-11+. The molecular formula is C16H17NO5. The summed E-state index contributed by atoms with van der Waals surface area (Å²) in [5.41, 5.74) is 1.37. The monoisotopic (exact) mass is 303 g/mol. The van der Waals surface area contributed by atoms with Crippen molar-refractivity contribution < 1.29 is 23.9 Å². The quantitative estimate of drug-likeness (QED) is 0.663. The zero-order valence-corrected chi connectivity index (χ0v) is 12.5. The summed E-state index contributed by atoms with van der Waals surface area (Å²) in [6.07, 6.45) is -0.302. The SMILES string of the molecule is CCOC(=O)C/C(C(=O)OCC)=C1\C(=O)Nc2ccccc21. The Bertz CT molecular complexity index is 648. The van der Waals surface area contributed by atoms with Crippen molar-refractivity contribution in [1.29, 1.82) is 0 Å². The maximum atomic E-state index is 12.2. The van der Waals surface area contributed by atoms with Crippen LogP contribution in [0.4, 0.5) is 5.69 Å². The van der Waals surface area contributed by atoms with E-state index in [0.717, 1.165) is 0 Å². The molecule has 6 nitrogen and oxygen atoms in total. The topological polar surface area (TPSA) is 81.7 Å². The number of anilines is 1. The minimum Gasteiger partial charge on any atom is -0.466 e. The Balaban J connectivity index is 2.48. The number of fused-ring (bicyclic) bond motifs is 1. The van der Waals surface area contributed by atoms with Crippen LogP contribution >= 0.6 is 0 Å². The number of nitrogens with one attached hydrogen (secondary N) is 1. The van der Waals surface area contributed by atoms with Crippen LogP contribution in [-0.2, 0) is 23.9 Å². The van der Waals surface area contributed by atoms with Crippen LogP contribution < -0.4 is 5.32 Å². The predicted molar refractivity (Wildman–Crippen MR) is 79.9 cm³/mol. The molecule has 1 aliphatic rings. The van der Waals surface area contributed by atoms with Crippen molar-refractivity contribution in [2.24, 2.45) is 0 Å². The summed E-state index contributed by atoms with van der Waals surface area (Å²) < 4.78 is 9.85. The van der Waals surface area contributed by atoms with Crippen LogP contribution in [-0.4, -0.2) is 31.1 Å². The number of esters is 2. The van der Waals surface area contributed by atoms with Crippen LogP contribution in [0, 0.1) is 0 Å². The number of benzene rings is 1. The van der Waals surface area contributed by atoms with Gasteiger partial charge in [-0.2, -0.15) is 0 Å². The fourth-order valence-electron chi connectivity index (χ4n) is 2.25. The average molecular weight is 303 g/mol. The molecule has 0 unspecified atom stereocenters. The van der Waals surface area contributed by atoms with Gasteiger partial charge in [-0.25, -0.2) is 4.79 Å². The molecule has 116 valence electrons. The molecule has 0 fully saturated rings. The van der Waals surface area contributed by atoms with Gasteiger partial charge in [0.2, 0.25) is 0 Å². The second kappa shape index (κ2) is 6.89. The molecule has 0 bridgehead atoms. The molecule has 0 saturated carbocycles. The molecule has 22 heavy (non-hydrogen) atoms. The molecule has 2 rings (SSSR count). The third kappa shape index (κ3) is 3.16. The maximum Gasteiger partial charge on any atom is 0.335 e. The van der Waals surface area contributed by atoms with Crippen LogP contribution in [0.5, 0.6) is 0 Å². The highest BCUT2D eigenvalue weighted by Crippen LogP contribution is 2.34. The summed E-state index contributed by atoms with van der Waals surface area (Å²) in [6.45, 7) is 3.69. The first-order chi connectivity index (χ1) is 10.6. The molecule has 1 aliphatic heterocycles. The minimum absolute atomic E-state index is 0.0164. The third-order valence-corrected chi connectivity index (χ3v) is 3.12. The predicted octanol–water partition coefficient (Wildman–Crippen LogP) is 1.91. The normalized spacial score (nSPS) is 14.9. The minimum atomic E-state index is -0.683. The van der Waals surface area contributed by atoms with E-state index in [2.05, 4.69) is 5.32 Å². The van der Waals surface area contributed by atoms with Crippen LogP contribution in [0.2, 0.25) is 0 Å². The van der Waals surface area contributed by atoms with E-state index < -0.39 is 17.8 Å². The Kier molecular flexibility index (Phi) is 4.93. The largest absolute Gasteiger partial charge is 0.466 e. The van der Waals surface area contributed by atoms with Gasteiger partial charge < -0.3 is 14.8 Å². The van der Waals surface area contributed by atoms with Gasteiger partial charge in [0, 0.05) is 11.3 Å². The van der Waals surface area contributed by atoms with E-state index >= 15 is 0 Å². The molecule has 1 N–H and O–H groups in total. The van der Waals surface area contributed by atoms with Crippen molar-refractivity contribution in [3.05, 3.63) is 35.4 Å². The lowest BCUT2D eigenvalue weighted by atomic mass is 9.99. The number of carbonyl (C=O) groups excluding carboxylic acids is 3. The Morgan fingerprint density at radius 1 is 1.09 bits per heavy atom. The lowest BCUT2D eigenvalue weighted by molar-refractivity contribution is -0.145. The second-order valence-electron chi connectivity index (χ2n) is 4.56.